The lowest BCUT2D eigenvalue weighted by Crippen LogP contribution is -2.36. The van der Waals surface area contributed by atoms with E-state index in [0.717, 1.165) is 30.4 Å². The first kappa shape index (κ1) is 22.0. The minimum Gasteiger partial charge on any atom is -0.363 e. The molecule has 0 aliphatic rings. The summed E-state index contributed by atoms with van der Waals surface area (Å²) in [5, 5.41) is 7.25. The minimum atomic E-state index is 0.807. The van der Waals surface area contributed by atoms with Gasteiger partial charge in [-0.05, 0) is 30.8 Å². The van der Waals surface area contributed by atoms with Crippen molar-refractivity contribution in [1.82, 2.24) is 10.6 Å². The smallest absolute Gasteiger partial charge is 0.166 e. The van der Waals surface area contributed by atoms with Gasteiger partial charge in [0, 0.05) is 18.8 Å². The van der Waals surface area contributed by atoms with E-state index < -0.39 is 0 Å². The van der Waals surface area contributed by atoms with E-state index in [2.05, 4.69) is 24.5 Å². The van der Waals surface area contributed by atoms with Gasteiger partial charge in [0.25, 0.3) is 0 Å². The highest BCUT2D eigenvalue weighted by Crippen LogP contribution is 2.12. The van der Waals surface area contributed by atoms with E-state index in [4.69, 9.17) is 12.2 Å². The van der Waals surface area contributed by atoms with Crippen LogP contribution in [0, 0.1) is 0 Å². The monoisotopic (exact) mass is 346 g/mol. The van der Waals surface area contributed by atoms with Crippen LogP contribution in [0.25, 0.3) is 0 Å². The molecule has 22 heavy (non-hydrogen) atoms. The van der Waals surface area contributed by atoms with Crippen molar-refractivity contribution in [3.8, 4) is 0 Å². The third-order valence-corrected chi connectivity index (χ3v) is 5.07. The summed E-state index contributed by atoms with van der Waals surface area (Å²) in [5.74, 6) is 2.46. The molecule has 132 valence electrons. The molecule has 0 aromatic rings. The molecule has 2 nitrogen and oxygen atoms in total. The molecule has 0 saturated carbocycles. The summed E-state index contributed by atoms with van der Waals surface area (Å²) < 4.78 is 0. The van der Waals surface area contributed by atoms with Gasteiger partial charge in [-0.3, -0.25) is 0 Å². The second-order valence-corrected chi connectivity index (χ2v) is 7.61. The molecule has 0 rings (SSSR count). The highest BCUT2D eigenvalue weighted by atomic mass is 32.2. The van der Waals surface area contributed by atoms with Crippen molar-refractivity contribution in [2.75, 3.05) is 24.6 Å². The first-order valence-electron chi connectivity index (χ1n) is 9.40. The van der Waals surface area contributed by atoms with Crippen LogP contribution in [0.1, 0.15) is 84.5 Å². The van der Waals surface area contributed by atoms with Gasteiger partial charge in [-0.2, -0.15) is 11.8 Å². The van der Waals surface area contributed by atoms with Gasteiger partial charge in [0.15, 0.2) is 5.11 Å². The second-order valence-electron chi connectivity index (χ2n) is 5.98. The van der Waals surface area contributed by atoms with Crippen molar-refractivity contribution >= 4 is 29.1 Å². The Labute approximate surface area is 149 Å². The standard InChI is InChI=1S/C18H38N2S2/c1-3-5-6-7-8-9-10-11-12-13-16-22-17-15-20-18(21)19-14-4-2/h3-17H2,1-2H3,(H2,19,20,21). The molecule has 0 amide bonds. The van der Waals surface area contributed by atoms with E-state index in [0.29, 0.717) is 0 Å². The number of hydrogen-bond donors (Lipinski definition) is 2. The number of unbranched alkanes of at least 4 members (excludes halogenated alkanes) is 9. The summed E-state index contributed by atoms with van der Waals surface area (Å²) in [6, 6.07) is 0. The summed E-state index contributed by atoms with van der Waals surface area (Å²) >= 11 is 7.23. The van der Waals surface area contributed by atoms with Crippen molar-refractivity contribution in [2.24, 2.45) is 0 Å². The lowest BCUT2D eigenvalue weighted by molar-refractivity contribution is 0.563. The van der Waals surface area contributed by atoms with Crippen molar-refractivity contribution < 1.29 is 0 Å². The fraction of sp³-hybridized carbons (Fsp3) is 0.944. The van der Waals surface area contributed by atoms with E-state index in [9.17, 15) is 0 Å². The molecule has 0 unspecified atom stereocenters. The summed E-state index contributed by atoms with van der Waals surface area (Å²) in [4.78, 5) is 0. The quantitative estimate of drug-likeness (QED) is 0.284. The van der Waals surface area contributed by atoms with Crippen LogP contribution in [-0.4, -0.2) is 29.7 Å². The van der Waals surface area contributed by atoms with Crippen molar-refractivity contribution in [2.45, 2.75) is 84.5 Å². The Morgan fingerprint density at radius 3 is 1.82 bits per heavy atom. The Balaban J connectivity index is 3.04. The van der Waals surface area contributed by atoms with Crippen LogP contribution >= 0.6 is 24.0 Å². The molecule has 0 aliphatic carbocycles. The Hall–Kier alpha value is 0.0400. The molecule has 0 radical (unpaired) electrons. The summed E-state index contributed by atoms with van der Waals surface area (Å²) in [6.07, 6.45) is 15.3. The molecule has 0 spiro atoms. The Kier molecular flexibility index (Phi) is 19.1. The van der Waals surface area contributed by atoms with Gasteiger partial charge in [-0.1, -0.05) is 71.6 Å². The van der Waals surface area contributed by atoms with Crippen LogP contribution in [0.15, 0.2) is 0 Å². The number of nitrogens with one attached hydrogen (secondary N) is 2. The lowest BCUT2D eigenvalue weighted by Gasteiger charge is -2.09. The molecule has 0 atom stereocenters. The van der Waals surface area contributed by atoms with E-state index >= 15 is 0 Å². The van der Waals surface area contributed by atoms with E-state index in [1.54, 1.807) is 0 Å². The van der Waals surface area contributed by atoms with Gasteiger partial charge < -0.3 is 10.6 Å². The molecule has 0 aromatic carbocycles. The number of rotatable bonds is 16. The predicted octanol–water partition coefficient (Wildman–Crippen LogP) is 5.51. The van der Waals surface area contributed by atoms with E-state index in [1.807, 2.05) is 11.8 Å². The molecule has 0 bridgehead atoms. The maximum absolute atomic E-state index is 5.18. The van der Waals surface area contributed by atoms with Crippen LogP contribution in [0.4, 0.5) is 0 Å². The number of thiocarbonyl (C=S) groups is 1. The molecule has 0 aromatic heterocycles. The summed E-state index contributed by atoms with van der Waals surface area (Å²) in [5.41, 5.74) is 0. The number of hydrogen-bond acceptors (Lipinski definition) is 2. The summed E-state index contributed by atoms with van der Waals surface area (Å²) in [6.45, 7) is 6.39. The van der Waals surface area contributed by atoms with Crippen molar-refractivity contribution in [1.29, 1.82) is 0 Å². The lowest BCUT2D eigenvalue weighted by atomic mass is 10.1. The Bertz CT molecular complexity index is 235. The van der Waals surface area contributed by atoms with Gasteiger partial charge in [0.2, 0.25) is 0 Å². The SMILES string of the molecule is CCCCCCCCCCCCSCCNC(=S)NCCC. The average Bonchev–Trinajstić information content (AvgIpc) is 2.53. The van der Waals surface area contributed by atoms with Crippen LogP contribution < -0.4 is 10.6 Å². The zero-order valence-electron chi connectivity index (χ0n) is 14.9. The molecule has 0 aliphatic heterocycles. The zero-order chi connectivity index (χ0) is 16.3. The highest BCUT2D eigenvalue weighted by Gasteiger charge is 1.95. The van der Waals surface area contributed by atoms with Gasteiger partial charge in [-0.25, -0.2) is 0 Å². The molecule has 0 saturated heterocycles. The summed E-state index contributed by atoms with van der Waals surface area (Å²) in [7, 11) is 0. The van der Waals surface area contributed by atoms with Gasteiger partial charge in [0.1, 0.15) is 0 Å². The number of thioether (sulfide) groups is 1. The Morgan fingerprint density at radius 2 is 1.23 bits per heavy atom. The molecule has 0 heterocycles. The van der Waals surface area contributed by atoms with Crippen LogP contribution in [-0.2, 0) is 0 Å². The molecule has 2 N–H and O–H groups in total. The highest BCUT2D eigenvalue weighted by molar-refractivity contribution is 7.99. The van der Waals surface area contributed by atoms with Gasteiger partial charge in [0.05, 0.1) is 0 Å². The first-order valence-corrected chi connectivity index (χ1v) is 11.0. The van der Waals surface area contributed by atoms with Gasteiger partial charge in [-0.15, -0.1) is 0 Å². The fourth-order valence-corrected chi connectivity index (χ4v) is 3.39. The largest absolute Gasteiger partial charge is 0.363 e. The van der Waals surface area contributed by atoms with E-state index in [1.165, 1.54) is 70.0 Å². The second kappa shape index (κ2) is 19.1. The maximum Gasteiger partial charge on any atom is 0.166 e. The molecule has 4 heteroatoms. The Morgan fingerprint density at radius 1 is 0.682 bits per heavy atom. The van der Waals surface area contributed by atoms with Crippen LogP contribution in [0.2, 0.25) is 0 Å². The van der Waals surface area contributed by atoms with Crippen molar-refractivity contribution in [3.05, 3.63) is 0 Å². The fourth-order valence-electron chi connectivity index (χ4n) is 2.33. The third-order valence-electron chi connectivity index (χ3n) is 3.71. The predicted molar refractivity (Wildman–Crippen MR) is 108 cm³/mol. The van der Waals surface area contributed by atoms with Crippen LogP contribution in [0.5, 0.6) is 0 Å². The first-order chi connectivity index (χ1) is 10.8. The van der Waals surface area contributed by atoms with E-state index in [-0.39, 0.29) is 0 Å². The zero-order valence-corrected chi connectivity index (χ0v) is 16.6. The average molecular weight is 347 g/mol. The van der Waals surface area contributed by atoms with Crippen LogP contribution in [0.3, 0.4) is 0 Å². The molecule has 0 fully saturated rings. The third kappa shape index (κ3) is 18.1. The minimum absolute atomic E-state index is 0.807. The molecular weight excluding hydrogens is 308 g/mol. The van der Waals surface area contributed by atoms with Crippen molar-refractivity contribution in [3.63, 3.8) is 0 Å². The normalized spacial score (nSPS) is 10.6. The molecular formula is C18H38N2S2. The van der Waals surface area contributed by atoms with Gasteiger partial charge >= 0.3 is 0 Å². The topological polar surface area (TPSA) is 24.1 Å². The maximum atomic E-state index is 5.18.